The molecular weight excluding hydrogens is 312 g/mol. The quantitative estimate of drug-likeness (QED) is 0.864. The van der Waals surface area contributed by atoms with Crippen LogP contribution in [0.1, 0.15) is 51.0 Å². The van der Waals surface area contributed by atoms with Gasteiger partial charge in [0, 0.05) is 37.5 Å². The van der Waals surface area contributed by atoms with Crippen LogP contribution < -0.4 is 5.32 Å². The number of nitrogens with zero attached hydrogens (tertiary/aromatic N) is 1. The highest BCUT2D eigenvalue weighted by Crippen LogP contribution is 2.17. The van der Waals surface area contributed by atoms with E-state index in [0.717, 1.165) is 18.4 Å². The van der Waals surface area contributed by atoms with Gasteiger partial charge in [-0.3, -0.25) is 9.59 Å². The minimum atomic E-state index is -0.0228. The minimum absolute atomic E-state index is 0.0228. The van der Waals surface area contributed by atoms with E-state index in [4.69, 9.17) is 11.6 Å². The van der Waals surface area contributed by atoms with Gasteiger partial charge in [-0.25, -0.2) is 0 Å². The number of halogens is 1. The fourth-order valence-corrected chi connectivity index (χ4v) is 3.07. The predicted molar refractivity (Wildman–Crippen MR) is 92.2 cm³/mol. The van der Waals surface area contributed by atoms with E-state index in [1.54, 1.807) is 4.90 Å². The van der Waals surface area contributed by atoms with E-state index in [0.29, 0.717) is 30.6 Å². The van der Waals surface area contributed by atoms with Crippen molar-refractivity contribution in [1.29, 1.82) is 0 Å². The lowest BCUT2D eigenvalue weighted by Crippen LogP contribution is -2.38. The van der Waals surface area contributed by atoms with Gasteiger partial charge in [0.05, 0.1) is 0 Å². The van der Waals surface area contributed by atoms with Gasteiger partial charge in [0.2, 0.25) is 11.8 Å². The molecule has 1 aliphatic rings. The summed E-state index contributed by atoms with van der Waals surface area (Å²) in [6.45, 7) is 2.48. The first kappa shape index (κ1) is 17.8. The normalized spacial score (nSPS) is 15.2. The van der Waals surface area contributed by atoms with Crippen molar-refractivity contribution >= 4 is 23.4 Å². The van der Waals surface area contributed by atoms with Crippen LogP contribution in [-0.2, 0) is 16.1 Å². The summed E-state index contributed by atoms with van der Waals surface area (Å²) in [6, 6.07) is 7.75. The second kappa shape index (κ2) is 8.92. The Morgan fingerprint density at radius 1 is 1.17 bits per heavy atom. The maximum absolute atomic E-state index is 12.1. The molecule has 126 valence electrons. The van der Waals surface area contributed by atoms with E-state index in [2.05, 4.69) is 5.32 Å². The van der Waals surface area contributed by atoms with Gasteiger partial charge in [-0.15, -0.1) is 0 Å². The smallest absolute Gasteiger partial charge is 0.221 e. The number of benzene rings is 1. The van der Waals surface area contributed by atoms with Crippen molar-refractivity contribution in [3.05, 3.63) is 34.9 Å². The molecule has 1 aromatic rings. The zero-order valence-corrected chi connectivity index (χ0v) is 14.4. The lowest BCUT2D eigenvalue weighted by Gasteiger charge is -2.24. The summed E-state index contributed by atoms with van der Waals surface area (Å²) in [4.78, 5) is 25.6. The summed E-state index contributed by atoms with van der Waals surface area (Å²) in [7, 11) is 0. The Balaban J connectivity index is 1.80. The molecule has 0 aliphatic heterocycles. The lowest BCUT2D eigenvalue weighted by atomic mass is 9.95. The van der Waals surface area contributed by atoms with Crippen LogP contribution in [0.5, 0.6) is 0 Å². The molecule has 1 aromatic carbocycles. The van der Waals surface area contributed by atoms with Crippen molar-refractivity contribution in [3.8, 4) is 0 Å². The Hall–Kier alpha value is -1.55. The molecule has 5 heteroatoms. The van der Waals surface area contributed by atoms with Crippen molar-refractivity contribution in [2.24, 2.45) is 0 Å². The highest BCUT2D eigenvalue weighted by atomic mass is 35.5. The first-order valence-corrected chi connectivity index (χ1v) is 8.71. The summed E-state index contributed by atoms with van der Waals surface area (Å²) >= 11 is 5.87. The van der Waals surface area contributed by atoms with Crippen molar-refractivity contribution in [2.75, 3.05) is 6.54 Å². The minimum Gasteiger partial charge on any atom is -0.353 e. The van der Waals surface area contributed by atoms with E-state index in [1.807, 2.05) is 24.3 Å². The predicted octanol–water partition coefficient (Wildman–Crippen LogP) is 3.53. The van der Waals surface area contributed by atoms with Gasteiger partial charge in [-0.2, -0.15) is 0 Å². The van der Waals surface area contributed by atoms with Gasteiger partial charge in [-0.05, 0) is 30.5 Å². The fraction of sp³-hybridized carbons (Fsp3) is 0.556. The van der Waals surface area contributed by atoms with Crippen molar-refractivity contribution in [2.45, 2.75) is 58.0 Å². The second-order valence-corrected chi connectivity index (χ2v) is 6.66. The zero-order valence-electron chi connectivity index (χ0n) is 13.7. The Bertz CT molecular complexity index is 524. The molecule has 23 heavy (non-hydrogen) atoms. The van der Waals surface area contributed by atoms with E-state index < -0.39 is 0 Å². The van der Waals surface area contributed by atoms with Crippen LogP contribution in [0, 0.1) is 0 Å². The van der Waals surface area contributed by atoms with Gasteiger partial charge < -0.3 is 10.2 Å². The number of rotatable bonds is 6. The number of hydrogen-bond donors (Lipinski definition) is 1. The molecule has 4 nitrogen and oxygen atoms in total. The van der Waals surface area contributed by atoms with Crippen LogP contribution in [0.25, 0.3) is 0 Å². The Labute approximate surface area is 143 Å². The molecule has 0 saturated heterocycles. The topological polar surface area (TPSA) is 49.4 Å². The second-order valence-electron chi connectivity index (χ2n) is 6.22. The van der Waals surface area contributed by atoms with Gasteiger partial charge in [0.1, 0.15) is 0 Å². The molecule has 1 fully saturated rings. The fourth-order valence-electron chi connectivity index (χ4n) is 2.94. The highest BCUT2D eigenvalue weighted by Gasteiger charge is 2.17. The summed E-state index contributed by atoms with van der Waals surface area (Å²) in [6.07, 6.45) is 6.16. The van der Waals surface area contributed by atoms with Crippen LogP contribution in [0.4, 0.5) is 0 Å². The molecule has 0 aromatic heterocycles. The van der Waals surface area contributed by atoms with Gasteiger partial charge >= 0.3 is 0 Å². The van der Waals surface area contributed by atoms with Gasteiger partial charge in [0.15, 0.2) is 0 Å². The maximum Gasteiger partial charge on any atom is 0.221 e. The van der Waals surface area contributed by atoms with Crippen LogP contribution in [0.15, 0.2) is 24.3 Å². The molecule has 0 bridgehead atoms. The standard InChI is InChI=1S/C18H25ClN2O2/c1-14(22)21(13-15-7-9-16(19)10-8-15)12-11-18(23)20-17-5-3-2-4-6-17/h7-10,17H,2-6,11-13H2,1H3,(H,20,23). The lowest BCUT2D eigenvalue weighted by molar-refractivity contribution is -0.130. The molecule has 1 N–H and O–H groups in total. The maximum atomic E-state index is 12.1. The molecule has 0 heterocycles. The van der Waals surface area contributed by atoms with E-state index in [1.165, 1.54) is 26.2 Å². The summed E-state index contributed by atoms with van der Waals surface area (Å²) in [5.41, 5.74) is 1.01. The molecule has 0 radical (unpaired) electrons. The number of carbonyl (C=O) groups excluding carboxylic acids is 2. The summed E-state index contributed by atoms with van der Waals surface area (Å²) in [5.74, 6) is 0.0182. The SMILES string of the molecule is CC(=O)N(CCC(=O)NC1CCCCC1)Cc1ccc(Cl)cc1. The molecular formula is C18H25ClN2O2. The molecule has 0 unspecified atom stereocenters. The zero-order chi connectivity index (χ0) is 16.7. The molecule has 0 spiro atoms. The van der Waals surface area contributed by atoms with E-state index >= 15 is 0 Å². The third kappa shape index (κ3) is 6.22. The van der Waals surface area contributed by atoms with Crippen molar-refractivity contribution in [3.63, 3.8) is 0 Å². The Morgan fingerprint density at radius 3 is 2.43 bits per heavy atom. The molecule has 2 amide bonds. The monoisotopic (exact) mass is 336 g/mol. The average Bonchev–Trinajstić information content (AvgIpc) is 2.54. The molecule has 0 atom stereocenters. The number of nitrogens with one attached hydrogen (secondary N) is 1. The van der Waals surface area contributed by atoms with Gasteiger partial charge in [-0.1, -0.05) is 43.0 Å². The highest BCUT2D eigenvalue weighted by molar-refractivity contribution is 6.30. The molecule has 1 aliphatic carbocycles. The Kier molecular flexibility index (Phi) is 6.90. The average molecular weight is 337 g/mol. The van der Waals surface area contributed by atoms with Crippen LogP contribution in [0.3, 0.4) is 0 Å². The molecule has 2 rings (SSSR count). The molecule has 1 saturated carbocycles. The van der Waals surface area contributed by atoms with Crippen molar-refractivity contribution < 1.29 is 9.59 Å². The largest absolute Gasteiger partial charge is 0.353 e. The van der Waals surface area contributed by atoms with Crippen LogP contribution in [0.2, 0.25) is 5.02 Å². The van der Waals surface area contributed by atoms with Crippen molar-refractivity contribution in [1.82, 2.24) is 10.2 Å². The van der Waals surface area contributed by atoms with Gasteiger partial charge in [0.25, 0.3) is 0 Å². The van der Waals surface area contributed by atoms with E-state index in [-0.39, 0.29) is 11.8 Å². The third-order valence-corrected chi connectivity index (χ3v) is 4.56. The number of carbonyl (C=O) groups is 2. The summed E-state index contributed by atoms with van der Waals surface area (Å²) in [5, 5.41) is 3.77. The first-order chi connectivity index (χ1) is 11.0. The summed E-state index contributed by atoms with van der Waals surface area (Å²) < 4.78 is 0. The van der Waals surface area contributed by atoms with Crippen LogP contribution in [-0.4, -0.2) is 29.3 Å². The van der Waals surface area contributed by atoms with Crippen LogP contribution >= 0.6 is 11.6 Å². The third-order valence-electron chi connectivity index (χ3n) is 4.31. The number of hydrogen-bond acceptors (Lipinski definition) is 2. The Morgan fingerprint density at radius 2 is 1.83 bits per heavy atom. The first-order valence-electron chi connectivity index (χ1n) is 8.34. The van der Waals surface area contributed by atoms with E-state index in [9.17, 15) is 9.59 Å². The number of amides is 2.